The third-order valence-electron chi connectivity index (χ3n) is 3.43. The molecule has 0 radical (unpaired) electrons. The average Bonchev–Trinajstić information content (AvgIpc) is 2.95. The number of aryl methyl sites for hydroxylation is 2. The zero-order chi connectivity index (χ0) is 14.1. The minimum atomic E-state index is 0.309. The van der Waals surface area contributed by atoms with Crippen molar-refractivity contribution in [2.24, 2.45) is 0 Å². The summed E-state index contributed by atoms with van der Waals surface area (Å²) in [5, 5.41) is 5.81. The van der Waals surface area contributed by atoms with Crippen LogP contribution < -0.4 is 5.32 Å². The number of hydrogen-bond acceptors (Lipinski definition) is 3. The second kappa shape index (κ2) is 5.68. The van der Waals surface area contributed by atoms with Crippen LogP contribution in [0.4, 0.5) is 0 Å². The van der Waals surface area contributed by atoms with Crippen molar-refractivity contribution in [3.63, 3.8) is 0 Å². The first-order chi connectivity index (χ1) is 9.67. The molecule has 0 bridgehead atoms. The SMILES string of the molecule is CCNC(c1cc(C)cc(C)c1)c1cc2sccc2s1. The lowest BCUT2D eigenvalue weighted by Gasteiger charge is -2.18. The summed E-state index contributed by atoms with van der Waals surface area (Å²) in [5.74, 6) is 0. The van der Waals surface area contributed by atoms with Gasteiger partial charge in [0.25, 0.3) is 0 Å². The molecule has 3 heteroatoms. The minimum Gasteiger partial charge on any atom is -0.306 e. The largest absolute Gasteiger partial charge is 0.306 e. The van der Waals surface area contributed by atoms with Crippen LogP contribution in [0.1, 0.15) is 34.5 Å². The van der Waals surface area contributed by atoms with Crippen LogP contribution in [0.3, 0.4) is 0 Å². The Bertz CT molecular complexity index is 675. The molecule has 0 amide bonds. The van der Waals surface area contributed by atoms with Gasteiger partial charge >= 0.3 is 0 Å². The molecule has 0 fully saturated rings. The Hall–Kier alpha value is -1.16. The van der Waals surface area contributed by atoms with Gasteiger partial charge in [-0.1, -0.05) is 36.2 Å². The van der Waals surface area contributed by atoms with Gasteiger partial charge in [0.1, 0.15) is 0 Å². The van der Waals surface area contributed by atoms with E-state index in [2.05, 4.69) is 61.8 Å². The zero-order valence-electron chi connectivity index (χ0n) is 12.1. The first kappa shape index (κ1) is 13.8. The maximum Gasteiger partial charge on any atom is 0.0671 e. The Morgan fingerprint density at radius 2 is 1.80 bits per heavy atom. The van der Waals surface area contributed by atoms with Crippen molar-refractivity contribution in [1.29, 1.82) is 0 Å². The zero-order valence-corrected chi connectivity index (χ0v) is 13.7. The van der Waals surface area contributed by atoms with Crippen LogP contribution in [0.2, 0.25) is 0 Å². The highest BCUT2D eigenvalue weighted by molar-refractivity contribution is 7.27. The van der Waals surface area contributed by atoms with E-state index in [1.54, 1.807) is 0 Å². The van der Waals surface area contributed by atoms with Crippen LogP contribution >= 0.6 is 22.7 Å². The normalized spacial score (nSPS) is 12.9. The fraction of sp³-hybridized carbons (Fsp3) is 0.294. The molecule has 1 N–H and O–H groups in total. The Balaban J connectivity index is 2.05. The van der Waals surface area contributed by atoms with Gasteiger partial charge in [-0.05, 0) is 43.5 Å². The second-order valence-corrected chi connectivity index (χ2v) is 7.27. The highest BCUT2D eigenvalue weighted by Crippen LogP contribution is 2.36. The van der Waals surface area contributed by atoms with Gasteiger partial charge in [0.05, 0.1) is 6.04 Å². The van der Waals surface area contributed by atoms with Crippen LogP contribution in [0, 0.1) is 13.8 Å². The fourth-order valence-corrected chi connectivity index (χ4v) is 4.91. The van der Waals surface area contributed by atoms with Gasteiger partial charge in [-0.25, -0.2) is 0 Å². The molecule has 2 heterocycles. The first-order valence-corrected chi connectivity index (χ1v) is 8.65. The molecule has 0 spiro atoms. The standard InChI is InChI=1S/C17H19NS2/c1-4-18-17(13-8-11(2)7-12(3)9-13)16-10-15-14(20-16)5-6-19-15/h5-10,17-18H,4H2,1-3H3. The smallest absolute Gasteiger partial charge is 0.0671 e. The van der Waals surface area contributed by atoms with Gasteiger partial charge in [0.2, 0.25) is 0 Å². The van der Waals surface area contributed by atoms with Crippen molar-refractivity contribution in [2.45, 2.75) is 26.8 Å². The second-order valence-electron chi connectivity index (χ2n) is 5.21. The number of rotatable bonds is 4. The summed E-state index contributed by atoms with van der Waals surface area (Å²) < 4.78 is 2.80. The molecule has 0 aliphatic rings. The number of fused-ring (bicyclic) bond motifs is 1. The molecular weight excluding hydrogens is 282 g/mol. The Morgan fingerprint density at radius 1 is 1.05 bits per heavy atom. The lowest BCUT2D eigenvalue weighted by Crippen LogP contribution is -2.21. The van der Waals surface area contributed by atoms with Crippen LogP contribution in [0.5, 0.6) is 0 Å². The van der Waals surface area contributed by atoms with E-state index in [9.17, 15) is 0 Å². The number of nitrogens with one attached hydrogen (secondary N) is 1. The topological polar surface area (TPSA) is 12.0 Å². The Kier molecular flexibility index (Phi) is 3.92. The van der Waals surface area contributed by atoms with Crippen molar-refractivity contribution in [3.8, 4) is 0 Å². The minimum absolute atomic E-state index is 0.309. The molecule has 20 heavy (non-hydrogen) atoms. The van der Waals surface area contributed by atoms with Crippen LogP contribution in [-0.2, 0) is 0 Å². The van der Waals surface area contributed by atoms with E-state index < -0.39 is 0 Å². The van der Waals surface area contributed by atoms with E-state index in [0.717, 1.165) is 6.54 Å². The Labute approximate surface area is 128 Å². The molecule has 1 nitrogen and oxygen atoms in total. The lowest BCUT2D eigenvalue weighted by atomic mass is 10.0. The summed E-state index contributed by atoms with van der Waals surface area (Å²) >= 11 is 3.73. The van der Waals surface area contributed by atoms with E-state index in [0.29, 0.717) is 6.04 Å². The molecule has 104 valence electrons. The first-order valence-electron chi connectivity index (χ1n) is 6.96. The van der Waals surface area contributed by atoms with Crippen molar-refractivity contribution >= 4 is 32.1 Å². The van der Waals surface area contributed by atoms with Crippen molar-refractivity contribution in [1.82, 2.24) is 5.32 Å². The van der Waals surface area contributed by atoms with E-state index >= 15 is 0 Å². The van der Waals surface area contributed by atoms with E-state index in [1.165, 1.54) is 31.0 Å². The predicted octanol–water partition coefficient (Wildman–Crippen LogP) is 5.28. The van der Waals surface area contributed by atoms with Crippen LogP contribution in [0.15, 0.2) is 35.7 Å². The third-order valence-corrected chi connectivity index (χ3v) is 5.59. The van der Waals surface area contributed by atoms with Gasteiger partial charge in [0, 0.05) is 14.3 Å². The van der Waals surface area contributed by atoms with E-state index in [-0.39, 0.29) is 0 Å². The predicted molar refractivity (Wildman–Crippen MR) is 91.1 cm³/mol. The van der Waals surface area contributed by atoms with Crippen LogP contribution in [-0.4, -0.2) is 6.54 Å². The summed E-state index contributed by atoms with van der Waals surface area (Å²) in [6.45, 7) is 7.49. The summed E-state index contributed by atoms with van der Waals surface area (Å²) in [5.41, 5.74) is 4.04. The van der Waals surface area contributed by atoms with Crippen molar-refractivity contribution in [2.75, 3.05) is 6.54 Å². The maximum atomic E-state index is 3.64. The van der Waals surface area contributed by atoms with Crippen LogP contribution in [0.25, 0.3) is 9.40 Å². The van der Waals surface area contributed by atoms with Gasteiger partial charge in [0.15, 0.2) is 0 Å². The molecule has 1 aromatic carbocycles. The molecular formula is C17H19NS2. The molecule has 0 aliphatic heterocycles. The highest BCUT2D eigenvalue weighted by Gasteiger charge is 2.16. The molecule has 0 saturated heterocycles. The van der Waals surface area contributed by atoms with Gasteiger partial charge in [-0.15, -0.1) is 22.7 Å². The number of hydrogen-bond donors (Lipinski definition) is 1. The fourth-order valence-electron chi connectivity index (χ4n) is 2.69. The number of benzene rings is 1. The molecule has 2 aromatic heterocycles. The number of thiophene rings is 2. The molecule has 1 atom stereocenters. The Morgan fingerprint density at radius 3 is 2.45 bits per heavy atom. The molecule has 3 rings (SSSR count). The van der Waals surface area contributed by atoms with Gasteiger partial charge in [-0.2, -0.15) is 0 Å². The summed E-state index contributed by atoms with van der Waals surface area (Å²) in [4.78, 5) is 1.42. The van der Waals surface area contributed by atoms with Crippen molar-refractivity contribution < 1.29 is 0 Å². The molecule has 0 aliphatic carbocycles. The summed E-state index contributed by atoms with van der Waals surface area (Å²) in [7, 11) is 0. The van der Waals surface area contributed by atoms with Gasteiger partial charge < -0.3 is 5.32 Å². The summed E-state index contributed by atoms with van der Waals surface area (Å²) in [6, 6.07) is 11.7. The third kappa shape index (κ3) is 2.66. The molecule has 3 aromatic rings. The monoisotopic (exact) mass is 301 g/mol. The lowest BCUT2D eigenvalue weighted by molar-refractivity contribution is 0.639. The highest BCUT2D eigenvalue weighted by atomic mass is 32.1. The molecule has 1 unspecified atom stereocenters. The van der Waals surface area contributed by atoms with E-state index in [1.807, 2.05) is 22.7 Å². The molecule has 0 saturated carbocycles. The van der Waals surface area contributed by atoms with E-state index in [4.69, 9.17) is 0 Å². The average molecular weight is 301 g/mol. The quantitative estimate of drug-likeness (QED) is 0.691. The van der Waals surface area contributed by atoms with Gasteiger partial charge in [-0.3, -0.25) is 0 Å². The maximum absolute atomic E-state index is 3.64. The summed E-state index contributed by atoms with van der Waals surface area (Å²) in [6.07, 6.45) is 0. The van der Waals surface area contributed by atoms with Crippen molar-refractivity contribution in [3.05, 3.63) is 57.3 Å².